The minimum absolute atomic E-state index is 0.689. The van der Waals surface area contributed by atoms with Crippen LogP contribution in [0.5, 0.6) is 0 Å². The van der Waals surface area contributed by atoms with Crippen LogP contribution < -0.4 is 0 Å². The Kier molecular flexibility index (Phi) is 3.69. The van der Waals surface area contributed by atoms with Crippen molar-refractivity contribution in [1.29, 1.82) is 0 Å². The maximum atomic E-state index is 4.92. The van der Waals surface area contributed by atoms with Crippen molar-refractivity contribution in [2.75, 3.05) is 0 Å². The lowest BCUT2D eigenvalue weighted by Gasteiger charge is -2.11. The molecule has 1 aromatic carbocycles. The molecule has 2 aromatic heterocycles. The Morgan fingerprint density at radius 2 is 1.78 bits per heavy atom. The van der Waals surface area contributed by atoms with Gasteiger partial charge in [0.2, 0.25) is 0 Å². The van der Waals surface area contributed by atoms with Crippen LogP contribution in [0.25, 0.3) is 22.8 Å². The maximum absolute atomic E-state index is 4.92. The van der Waals surface area contributed by atoms with Gasteiger partial charge in [0.1, 0.15) is 5.69 Å². The molecule has 4 heteroatoms. The van der Waals surface area contributed by atoms with Crippen LogP contribution in [-0.2, 0) is 12.8 Å². The first kappa shape index (κ1) is 14.5. The van der Waals surface area contributed by atoms with E-state index in [1.165, 1.54) is 16.7 Å². The molecule has 0 aliphatic heterocycles. The van der Waals surface area contributed by atoms with E-state index in [4.69, 9.17) is 4.98 Å². The molecule has 1 aliphatic carbocycles. The third kappa shape index (κ3) is 2.79. The summed E-state index contributed by atoms with van der Waals surface area (Å²) in [6.45, 7) is 1.97. The second-order valence-corrected chi connectivity index (χ2v) is 6.80. The monoisotopic (exact) mass is 365 g/mol. The van der Waals surface area contributed by atoms with E-state index in [1.807, 2.05) is 19.1 Å². The topological polar surface area (TPSA) is 38.7 Å². The van der Waals surface area contributed by atoms with Crippen molar-refractivity contribution in [3.05, 3.63) is 63.9 Å². The zero-order chi connectivity index (χ0) is 15.8. The van der Waals surface area contributed by atoms with Crippen molar-refractivity contribution >= 4 is 15.9 Å². The number of hydrogen-bond donors (Lipinski definition) is 0. The van der Waals surface area contributed by atoms with Crippen LogP contribution in [0.3, 0.4) is 0 Å². The summed E-state index contributed by atoms with van der Waals surface area (Å²) in [4.78, 5) is 13.8. The van der Waals surface area contributed by atoms with Gasteiger partial charge < -0.3 is 0 Å². The lowest BCUT2D eigenvalue weighted by molar-refractivity contribution is 0.833. The summed E-state index contributed by atoms with van der Waals surface area (Å²) in [5.74, 6) is 0.689. The molecule has 0 fully saturated rings. The van der Waals surface area contributed by atoms with E-state index in [-0.39, 0.29) is 0 Å². The Morgan fingerprint density at radius 1 is 0.957 bits per heavy atom. The summed E-state index contributed by atoms with van der Waals surface area (Å²) in [7, 11) is 0. The SMILES string of the molecule is Cc1ccnc(-c2ccc3c(n2)-c2cc(Br)ccc2CCC3)n1. The van der Waals surface area contributed by atoms with Gasteiger partial charge in [-0.15, -0.1) is 0 Å². The van der Waals surface area contributed by atoms with Gasteiger partial charge in [0.05, 0.1) is 5.69 Å². The van der Waals surface area contributed by atoms with Gasteiger partial charge in [-0.2, -0.15) is 0 Å². The first-order valence-corrected chi connectivity index (χ1v) is 8.59. The van der Waals surface area contributed by atoms with Gasteiger partial charge in [-0.1, -0.05) is 28.1 Å². The minimum Gasteiger partial charge on any atom is -0.244 e. The number of nitrogens with zero attached hydrogens (tertiary/aromatic N) is 3. The van der Waals surface area contributed by atoms with Gasteiger partial charge in [0.15, 0.2) is 5.82 Å². The number of benzene rings is 1. The van der Waals surface area contributed by atoms with Crippen molar-refractivity contribution < 1.29 is 0 Å². The van der Waals surface area contributed by atoms with E-state index in [1.54, 1.807) is 6.20 Å². The van der Waals surface area contributed by atoms with E-state index >= 15 is 0 Å². The molecule has 0 saturated carbocycles. The molecular formula is C19H16BrN3. The molecule has 0 radical (unpaired) electrons. The van der Waals surface area contributed by atoms with Gasteiger partial charge >= 0.3 is 0 Å². The van der Waals surface area contributed by atoms with Crippen LogP contribution in [0, 0.1) is 6.92 Å². The average molecular weight is 366 g/mol. The molecule has 23 heavy (non-hydrogen) atoms. The van der Waals surface area contributed by atoms with Crippen molar-refractivity contribution in [2.45, 2.75) is 26.2 Å². The summed E-state index contributed by atoms with van der Waals surface area (Å²) < 4.78 is 1.09. The molecule has 0 spiro atoms. The number of aromatic nitrogens is 3. The van der Waals surface area contributed by atoms with Crippen molar-refractivity contribution in [3.8, 4) is 22.8 Å². The Bertz CT molecular complexity index is 890. The second-order valence-electron chi connectivity index (χ2n) is 5.88. The summed E-state index contributed by atoms with van der Waals surface area (Å²) >= 11 is 3.59. The van der Waals surface area contributed by atoms with E-state index in [2.05, 4.69) is 50.2 Å². The lowest BCUT2D eigenvalue weighted by Crippen LogP contribution is -1.98. The average Bonchev–Trinajstić information content (AvgIpc) is 2.73. The third-order valence-electron chi connectivity index (χ3n) is 4.22. The number of pyridine rings is 1. The fraction of sp³-hybridized carbons (Fsp3) is 0.211. The zero-order valence-electron chi connectivity index (χ0n) is 12.9. The molecule has 0 amide bonds. The predicted molar refractivity (Wildman–Crippen MR) is 95.2 cm³/mol. The number of aryl methyl sites for hydroxylation is 3. The number of rotatable bonds is 1. The smallest absolute Gasteiger partial charge is 0.178 e. The van der Waals surface area contributed by atoms with Gasteiger partial charge in [0.25, 0.3) is 0 Å². The number of hydrogen-bond acceptors (Lipinski definition) is 3. The zero-order valence-corrected chi connectivity index (χ0v) is 14.5. The maximum Gasteiger partial charge on any atom is 0.178 e. The highest BCUT2D eigenvalue weighted by molar-refractivity contribution is 9.10. The van der Waals surface area contributed by atoms with Crippen molar-refractivity contribution in [3.63, 3.8) is 0 Å². The van der Waals surface area contributed by atoms with E-state index < -0.39 is 0 Å². The first-order valence-electron chi connectivity index (χ1n) is 7.79. The standard InChI is InChI=1S/C19H16BrN3/c1-12-9-10-21-19(22-12)17-8-6-14-4-2-3-13-5-7-15(20)11-16(13)18(14)23-17/h5-11H,2-4H2,1H3. The summed E-state index contributed by atoms with van der Waals surface area (Å²) in [6, 6.07) is 12.6. The van der Waals surface area contributed by atoms with E-state index in [0.29, 0.717) is 5.82 Å². The van der Waals surface area contributed by atoms with Crippen LogP contribution >= 0.6 is 15.9 Å². The fourth-order valence-corrected chi connectivity index (χ4v) is 3.44. The van der Waals surface area contributed by atoms with Crippen LogP contribution in [0.1, 0.15) is 23.2 Å². The molecule has 2 heterocycles. The van der Waals surface area contributed by atoms with Crippen LogP contribution in [0.15, 0.2) is 47.1 Å². The number of halogens is 1. The minimum atomic E-state index is 0.689. The van der Waals surface area contributed by atoms with Crippen molar-refractivity contribution in [1.82, 2.24) is 15.0 Å². The first-order chi connectivity index (χ1) is 11.2. The molecule has 4 rings (SSSR count). The fourth-order valence-electron chi connectivity index (χ4n) is 3.08. The van der Waals surface area contributed by atoms with Gasteiger partial charge in [-0.25, -0.2) is 15.0 Å². The molecule has 0 unspecified atom stereocenters. The third-order valence-corrected chi connectivity index (χ3v) is 4.72. The summed E-state index contributed by atoms with van der Waals surface area (Å²) in [6.07, 6.45) is 5.10. The predicted octanol–water partition coefficient (Wildman–Crippen LogP) is 4.77. The van der Waals surface area contributed by atoms with Crippen molar-refractivity contribution in [2.24, 2.45) is 0 Å². The van der Waals surface area contributed by atoms with Crippen LogP contribution in [-0.4, -0.2) is 15.0 Å². The lowest BCUT2D eigenvalue weighted by atomic mass is 10.0. The molecular weight excluding hydrogens is 350 g/mol. The van der Waals surface area contributed by atoms with Crippen LogP contribution in [0.4, 0.5) is 0 Å². The Labute approximate surface area is 144 Å². The molecule has 0 N–H and O–H groups in total. The summed E-state index contributed by atoms with van der Waals surface area (Å²) in [5.41, 5.74) is 6.75. The molecule has 0 bridgehead atoms. The molecule has 1 aliphatic rings. The quantitative estimate of drug-likeness (QED) is 0.623. The Hall–Kier alpha value is -2.07. The normalized spacial score (nSPS) is 13.1. The Morgan fingerprint density at radius 3 is 2.65 bits per heavy atom. The molecule has 3 aromatic rings. The van der Waals surface area contributed by atoms with Gasteiger partial charge in [-0.3, -0.25) is 0 Å². The van der Waals surface area contributed by atoms with Crippen LogP contribution in [0.2, 0.25) is 0 Å². The number of fused-ring (bicyclic) bond motifs is 3. The van der Waals surface area contributed by atoms with E-state index in [0.717, 1.165) is 40.8 Å². The molecule has 3 nitrogen and oxygen atoms in total. The molecule has 114 valence electrons. The largest absolute Gasteiger partial charge is 0.244 e. The second kappa shape index (κ2) is 5.85. The van der Waals surface area contributed by atoms with Gasteiger partial charge in [0, 0.05) is 21.9 Å². The Balaban J connectivity index is 1.91. The highest BCUT2D eigenvalue weighted by Gasteiger charge is 2.17. The van der Waals surface area contributed by atoms with E-state index in [9.17, 15) is 0 Å². The van der Waals surface area contributed by atoms with Gasteiger partial charge in [-0.05, 0) is 61.6 Å². The highest BCUT2D eigenvalue weighted by atomic mass is 79.9. The molecule has 0 atom stereocenters. The highest BCUT2D eigenvalue weighted by Crippen LogP contribution is 2.34. The molecule has 0 saturated heterocycles. The summed E-state index contributed by atoms with van der Waals surface area (Å²) in [5, 5.41) is 0.